The van der Waals surface area contributed by atoms with Crippen molar-refractivity contribution in [2.75, 3.05) is 18.5 Å². The van der Waals surface area contributed by atoms with Crippen molar-refractivity contribution in [1.82, 2.24) is 0 Å². The molecule has 6 heteroatoms. The minimum absolute atomic E-state index is 0.0778. The maximum atomic E-state index is 11.0. The van der Waals surface area contributed by atoms with E-state index in [2.05, 4.69) is 13.8 Å². The predicted octanol–water partition coefficient (Wildman–Crippen LogP) is 2.80. The van der Waals surface area contributed by atoms with E-state index in [9.17, 15) is 15.2 Å². The highest BCUT2D eigenvalue weighted by Crippen LogP contribution is 2.39. The van der Waals surface area contributed by atoms with Gasteiger partial charge in [-0.1, -0.05) is 13.8 Å². The van der Waals surface area contributed by atoms with Crippen LogP contribution in [0.25, 0.3) is 0 Å². The summed E-state index contributed by atoms with van der Waals surface area (Å²) in [6.07, 6.45) is -0.667. The first kappa shape index (κ1) is 13.9. The number of nitro groups is 1. The lowest BCUT2D eigenvalue weighted by Crippen LogP contribution is -2.22. The summed E-state index contributed by atoms with van der Waals surface area (Å²) in [5.41, 5.74) is 0.0778. The van der Waals surface area contributed by atoms with Crippen molar-refractivity contribution in [3.63, 3.8) is 0 Å². The van der Waals surface area contributed by atoms with Gasteiger partial charge < -0.3 is 10.0 Å². The quantitative estimate of drug-likeness (QED) is 0.651. The number of hydrogen-bond acceptors (Lipinski definition) is 5. The van der Waals surface area contributed by atoms with Crippen LogP contribution in [-0.2, 0) is 0 Å². The summed E-state index contributed by atoms with van der Waals surface area (Å²) in [7, 11) is 1.84. The topological polar surface area (TPSA) is 66.6 Å². The van der Waals surface area contributed by atoms with Crippen molar-refractivity contribution in [1.29, 1.82) is 0 Å². The van der Waals surface area contributed by atoms with Crippen molar-refractivity contribution in [3.8, 4) is 0 Å². The Bertz CT molecular complexity index is 401. The minimum atomic E-state index is -0.667. The van der Waals surface area contributed by atoms with Crippen LogP contribution in [0.15, 0.2) is 6.07 Å². The molecular weight excluding hydrogens is 240 g/mol. The van der Waals surface area contributed by atoms with E-state index in [1.807, 2.05) is 11.9 Å². The molecule has 0 saturated carbocycles. The zero-order chi connectivity index (χ0) is 13.2. The monoisotopic (exact) mass is 258 g/mol. The summed E-state index contributed by atoms with van der Waals surface area (Å²) < 4.78 is 0. The van der Waals surface area contributed by atoms with E-state index in [1.165, 1.54) is 17.4 Å². The zero-order valence-corrected chi connectivity index (χ0v) is 11.3. The zero-order valence-electron chi connectivity index (χ0n) is 10.5. The molecule has 1 N–H and O–H groups in total. The highest BCUT2D eigenvalue weighted by Gasteiger charge is 2.23. The molecular formula is C11H18N2O3S. The second-order valence-electron chi connectivity index (χ2n) is 4.55. The molecule has 17 heavy (non-hydrogen) atoms. The summed E-state index contributed by atoms with van der Waals surface area (Å²) in [6.45, 7) is 6.49. The molecule has 1 heterocycles. The Morgan fingerprint density at radius 1 is 1.53 bits per heavy atom. The van der Waals surface area contributed by atoms with Crippen LogP contribution in [0.1, 0.15) is 31.8 Å². The summed E-state index contributed by atoms with van der Waals surface area (Å²) in [5.74, 6) is 0.428. The van der Waals surface area contributed by atoms with Gasteiger partial charge in [-0.25, -0.2) is 0 Å². The lowest BCUT2D eigenvalue weighted by Gasteiger charge is -2.18. The van der Waals surface area contributed by atoms with Gasteiger partial charge in [0.2, 0.25) is 0 Å². The lowest BCUT2D eigenvalue weighted by molar-refractivity contribution is -0.383. The number of aliphatic hydroxyl groups is 1. The molecule has 0 amide bonds. The Hall–Kier alpha value is -1.14. The summed E-state index contributed by atoms with van der Waals surface area (Å²) in [6, 6.07) is 1.46. The highest BCUT2D eigenvalue weighted by atomic mass is 32.1. The number of aliphatic hydroxyl groups excluding tert-OH is 1. The first-order chi connectivity index (χ1) is 7.82. The molecule has 1 atom stereocenters. The lowest BCUT2D eigenvalue weighted by atomic mass is 10.2. The van der Waals surface area contributed by atoms with Gasteiger partial charge in [0.05, 0.1) is 11.0 Å². The average molecular weight is 258 g/mol. The molecule has 0 aliphatic heterocycles. The second-order valence-corrected chi connectivity index (χ2v) is 5.61. The molecule has 1 rings (SSSR count). The normalized spacial score (nSPS) is 12.8. The average Bonchev–Trinajstić information content (AvgIpc) is 2.60. The van der Waals surface area contributed by atoms with Gasteiger partial charge in [-0.05, 0) is 12.8 Å². The summed E-state index contributed by atoms with van der Waals surface area (Å²) >= 11 is 1.28. The van der Waals surface area contributed by atoms with Gasteiger partial charge in [-0.15, -0.1) is 11.3 Å². The fourth-order valence-electron chi connectivity index (χ4n) is 1.63. The Balaban J connectivity index is 3.07. The molecule has 0 spiro atoms. The van der Waals surface area contributed by atoms with Crippen molar-refractivity contribution in [2.45, 2.75) is 26.9 Å². The van der Waals surface area contributed by atoms with Crippen LogP contribution in [0.3, 0.4) is 0 Å². The van der Waals surface area contributed by atoms with Gasteiger partial charge in [-0.2, -0.15) is 0 Å². The van der Waals surface area contributed by atoms with Crippen molar-refractivity contribution >= 4 is 22.0 Å². The van der Waals surface area contributed by atoms with Crippen molar-refractivity contribution in [3.05, 3.63) is 21.1 Å². The van der Waals surface area contributed by atoms with Crippen molar-refractivity contribution in [2.24, 2.45) is 5.92 Å². The van der Waals surface area contributed by atoms with Gasteiger partial charge in [0.15, 0.2) is 5.00 Å². The molecule has 1 unspecified atom stereocenters. The van der Waals surface area contributed by atoms with Gasteiger partial charge in [-0.3, -0.25) is 10.1 Å². The van der Waals surface area contributed by atoms with E-state index in [1.54, 1.807) is 6.92 Å². The Kier molecular flexibility index (Phi) is 4.47. The summed E-state index contributed by atoms with van der Waals surface area (Å²) in [5, 5.41) is 21.0. The number of thiophene rings is 1. The van der Waals surface area contributed by atoms with Crippen LogP contribution in [0, 0.1) is 16.0 Å². The van der Waals surface area contributed by atoms with Crippen molar-refractivity contribution < 1.29 is 10.0 Å². The Morgan fingerprint density at radius 2 is 2.12 bits per heavy atom. The second kappa shape index (κ2) is 5.46. The van der Waals surface area contributed by atoms with E-state index in [0.717, 1.165) is 6.54 Å². The van der Waals surface area contributed by atoms with Crippen LogP contribution in [0.2, 0.25) is 0 Å². The van der Waals surface area contributed by atoms with E-state index in [-0.39, 0.29) is 5.69 Å². The fraction of sp³-hybridized carbons (Fsp3) is 0.636. The molecule has 0 fully saturated rings. The number of rotatable bonds is 5. The standard InChI is InChI=1S/C11H18N2O3S/c1-7(2)6-12(4)11-9(13(15)16)5-10(17-11)8(3)14/h5,7-8,14H,6H2,1-4H3. The van der Waals surface area contributed by atoms with E-state index in [4.69, 9.17) is 0 Å². The first-order valence-corrected chi connectivity index (χ1v) is 6.32. The molecule has 0 saturated heterocycles. The first-order valence-electron chi connectivity index (χ1n) is 5.50. The molecule has 1 aromatic rings. The number of anilines is 1. The van der Waals surface area contributed by atoms with Crippen LogP contribution in [0.4, 0.5) is 10.7 Å². The maximum Gasteiger partial charge on any atom is 0.304 e. The molecule has 0 aliphatic rings. The third-order valence-electron chi connectivity index (χ3n) is 2.31. The SMILES string of the molecule is CC(C)CN(C)c1sc(C(C)O)cc1[N+](=O)[O-]. The predicted molar refractivity (Wildman–Crippen MR) is 69.7 cm³/mol. The third kappa shape index (κ3) is 3.41. The molecule has 0 aliphatic carbocycles. The molecule has 5 nitrogen and oxygen atoms in total. The minimum Gasteiger partial charge on any atom is -0.388 e. The highest BCUT2D eigenvalue weighted by molar-refractivity contribution is 7.16. The summed E-state index contributed by atoms with van der Waals surface area (Å²) in [4.78, 5) is 13.1. The largest absolute Gasteiger partial charge is 0.388 e. The van der Waals surface area contributed by atoms with Gasteiger partial charge in [0, 0.05) is 24.5 Å². The molecule has 1 aromatic heterocycles. The van der Waals surface area contributed by atoms with Crippen LogP contribution in [0.5, 0.6) is 0 Å². The van der Waals surface area contributed by atoms with Crippen LogP contribution >= 0.6 is 11.3 Å². The van der Waals surface area contributed by atoms with E-state index < -0.39 is 11.0 Å². The Labute approximate surface area is 105 Å². The van der Waals surface area contributed by atoms with E-state index >= 15 is 0 Å². The smallest absolute Gasteiger partial charge is 0.304 e. The Morgan fingerprint density at radius 3 is 2.53 bits per heavy atom. The fourth-order valence-corrected chi connectivity index (χ4v) is 2.66. The molecule has 96 valence electrons. The van der Waals surface area contributed by atoms with Crippen LogP contribution in [-0.4, -0.2) is 23.6 Å². The third-order valence-corrected chi connectivity index (χ3v) is 3.72. The molecule has 0 radical (unpaired) electrons. The van der Waals surface area contributed by atoms with Crippen LogP contribution < -0.4 is 4.90 Å². The van der Waals surface area contributed by atoms with Gasteiger partial charge >= 0.3 is 5.69 Å². The van der Waals surface area contributed by atoms with E-state index in [0.29, 0.717) is 15.8 Å². The van der Waals surface area contributed by atoms with Gasteiger partial charge in [0.1, 0.15) is 0 Å². The maximum absolute atomic E-state index is 11.0. The number of hydrogen-bond donors (Lipinski definition) is 1. The van der Waals surface area contributed by atoms with Gasteiger partial charge in [0.25, 0.3) is 0 Å². The molecule has 0 aromatic carbocycles. The number of nitrogens with zero attached hydrogens (tertiary/aromatic N) is 2. The molecule has 0 bridgehead atoms.